The highest BCUT2D eigenvalue weighted by molar-refractivity contribution is 7.91. The Kier molecular flexibility index (Phi) is 3.36. The van der Waals surface area contributed by atoms with Crippen LogP contribution in [-0.2, 0) is 15.6 Å². The summed E-state index contributed by atoms with van der Waals surface area (Å²) in [6.07, 6.45) is 1.32. The SMILES string of the molecule is CC(C)S(=O)(=O)Cc1coc2c(C(=O)O)cccc12. The number of furan rings is 1. The number of fused-ring (bicyclic) bond motifs is 1. The summed E-state index contributed by atoms with van der Waals surface area (Å²) >= 11 is 0. The number of carboxylic acid groups (broad SMARTS) is 1. The molecule has 19 heavy (non-hydrogen) atoms. The third kappa shape index (κ3) is 2.49. The average molecular weight is 282 g/mol. The molecule has 0 aliphatic carbocycles. The lowest BCUT2D eigenvalue weighted by atomic mass is 10.1. The van der Waals surface area contributed by atoms with Crippen LogP contribution in [0.15, 0.2) is 28.9 Å². The molecule has 5 nitrogen and oxygen atoms in total. The molecular formula is C13H14O5S. The first-order valence-corrected chi connectivity index (χ1v) is 7.48. The number of para-hydroxylation sites is 1. The van der Waals surface area contributed by atoms with Gasteiger partial charge in [0, 0.05) is 10.9 Å². The Morgan fingerprint density at radius 3 is 2.63 bits per heavy atom. The Bertz CT molecular complexity index is 725. The summed E-state index contributed by atoms with van der Waals surface area (Å²) in [6, 6.07) is 4.66. The molecule has 1 aromatic heterocycles. The molecule has 1 N–H and O–H groups in total. The van der Waals surface area contributed by atoms with E-state index in [4.69, 9.17) is 9.52 Å². The maximum atomic E-state index is 11.9. The fourth-order valence-corrected chi connectivity index (χ4v) is 2.76. The second-order valence-corrected chi connectivity index (χ2v) is 7.16. The Morgan fingerprint density at radius 2 is 2.05 bits per heavy atom. The lowest BCUT2D eigenvalue weighted by molar-refractivity contribution is 0.0698. The van der Waals surface area contributed by atoms with Crippen LogP contribution >= 0.6 is 0 Å². The minimum Gasteiger partial charge on any atom is -0.478 e. The first-order valence-electron chi connectivity index (χ1n) is 5.77. The second-order valence-electron chi connectivity index (χ2n) is 4.60. The quantitative estimate of drug-likeness (QED) is 0.931. The fourth-order valence-electron chi connectivity index (χ4n) is 1.77. The van der Waals surface area contributed by atoms with Gasteiger partial charge in [0.2, 0.25) is 0 Å². The number of aromatic carboxylic acids is 1. The van der Waals surface area contributed by atoms with Gasteiger partial charge >= 0.3 is 5.97 Å². The van der Waals surface area contributed by atoms with Crippen LogP contribution in [-0.4, -0.2) is 24.7 Å². The Balaban J connectivity index is 2.54. The van der Waals surface area contributed by atoms with Crippen molar-refractivity contribution in [1.82, 2.24) is 0 Å². The summed E-state index contributed by atoms with van der Waals surface area (Å²) in [5, 5.41) is 9.08. The molecule has 0 saturated heterocycles. The van der Waals surface area contributed by atoms with Crippen LogP contribution in [0.25, 0.3) is 11.0 Å². The van der Waals surface area contributed by atoms with Crippen LogP contribution in [0.2, 0.25) is 0 Å². The molecule has 0 spiro atoms. The van der Waals surface area contributed by atoms with Gasteiger partial charge in [-0.05, 0) is 19.9 Å². The molecule has 0 radical (unpaired) electrons. The van der Waals surface area contributed by atoms with Crippen LogP contribution in [0.3, 0.4) is 0 Å². The minimum atomic E-state index is -3.25. The number of hydrogen-bond donors (Lipinski definition) is 1. The Morgan fingerprint density at radius 1 is 1.37 bits per heavy atom. The van der Waals surface area contributed by atoms with E-state index in [0.717, 1.165) is 0 Å². The zero-order valence-corrected chi connectivity index (χ0v) is 11.4. The molecule has 1 aromatic carbocycles. The summed E-state index contributed by atoms with van der Waals surface area (Å²) in [7, 11) is -3.25. The van der Waals surface area contributed by atoms with Gasteiger partial charge in [0.25, 0.3) is 0 Å². The number of carboxylic acids is 1. The van der Waals surface area contributed by atoms with Gasteiger partial charge in [-0.1, -0.05) is 12.1 Å². The van der Waals surface area contributed by atoms with Crippen molar-refractivity contribution in [2.45, 2.75) is 24.9 Å². The van der Waals surface area contributed by atoms with Gasteiger partial charge in [-0.25, -0.2) is 13.2 Å². The van der Waals surface area contributed by atoms with Gasteiger partial charge in [0.05, 0.1) is 17.3 Å². The molecule has 2 rings (SSSR count). The van der Waals surface area contributed by atoms with E-state index in [1.807, 2.05) is 0 Å². The van der Waals surface area contributed by atoms with Crippen molar-refractivity contribution >= 4 is 26.8 Å². The number of hydrogen-bond acceptors (Lipinski definition) is 4. The number of sulfone groups is 1. The van der Waals surface area contributed by atoms with Gasteiger partial charge in [0.15, 0.2) is 9.84 Å². The monoisotopic (exact) mass is 282 g/mol. The molecule has 102 valence electrons. The number of rotatable bonds is 4. The maximum Gasteiger partial charge on any atom is 0.339 e. The first-order chi connectivity index (χ1) is 8.83. The van der Waals surface area contributed by atoms with E-state index in [1.54, 1.807) is 26.0 Å². The van der Waals surface area contributed by atoms with Crippen LogP contribution < -0.4 is 0 Å². The van der Waals surface area contributed by atoms with Gasteiger partial charge in [0.1, 0.15) is 11.1 Å². The maximum absolute atomic E-state index is 11.9. The zero-order valence-electron chi connectivity index (χ0n) is 10.6. The predicted octanol–water partition coefficient (Wildman–Crippen LogP) is 2.45. The molecule has 0 atom stereocenters. The first kappa shape index (κ1) is 13.6. The van der Waals surface area contributed by atoms with Crippen molar-refractivity contribution in [2.75, 3.05) is 0 Å². The van der Waals surface area contributed by atoms with Gasteiger partial charge in [-0.3, -0.25) is 0 Å². The second kappa shape index (κ2) is 4.70. The van der Waals surface area contributed by atoms with Crippen molar-refractivity contribution in [1.29, 1.82) is 0 Å². The molecule has 0 aliphatic heterocycles. The third-order valence-corrected chi connectivity index (χ3v) is 5.14. The highest BCUT2D eigenvalue weighted by atomic mass is 32.2. The predicted molar refractivity (Wildman–Crippen MR) is 70.9 cm³/mol. The van der Waals surface area contributed by atoms with Crippen molar-refractivity contribution < 1.29 is 22.7 Å². The zero-order chi connectivity index (χ0) is 14.2. The number of carbonyl (C=O) groups is 1. The lowest BCUT2D eigenvalue weighted by Gasteiger charge is -2.06. The van der Waals surface area contributed by atoms with E-state index >= 15 is 0 Å². The van der Waals surface area contributed by atoms with Crippen LogP contribution in [0, 0.1) is 0 Å². The molecule has 0 aliphatic rings. The normalized spacial score (nSPS) is 12.2. The molecule has 1 heterocycles. The molecule has 0 bridgehead atoms. The van der Waals surface area contributed by atoms with E-state index in [2.05, 4.69) is 0 Å². The highest BCUT2D eigenvalue weighted by Gasteiger charge is 2.21. The molecular weight excluding hydrogens is 268 g/mol. The molecule has 2 aromatic rings. The smallest absolute Gasteiger partial charge is 0.339 e. The van der Waals surface area contributed by atoms with Crippen molar-refractivity contribution in [3.8, 4) is 0 Å². The van der Waals surface area contributed by atoms with Crippen molar-refractivity contribution in [3.63, 3.8) is 0 Å². The van der Waals surface area contributed by atoms with E-state index in [-0.39, 0.29) is 16.9 Å². The standard InChI is InChI=1S/C13H14O5S/c1-8(2)19(16,17)7-9-6-18-12-10(9)4-3-5-11(12)13(14)15/h3-6,8H,7H2,1-2H3,(H,14,15). The lowest BCUT2D eigenvalue weighted by Crippen LogP contribution is -2.15. The topological polar surface area (TPSA) is 84.6 Å². The minimum absolute atomic E-state index is 0.0331. The van der Waals surface area contributed by atoms with Crippen LogP contribution in [0.5, 0.6) is 0 Å². The molecule has 0 saturated carbocycles. The Hall–Kier alpha value is -1.82. The summed E-state index contributed by atoms with van der Waals surface area (Å²) in [6.45, 7) is 3.22. The van der Waals surface area contributed by atoms with Crippen LogP contribution in [0.4, 0.5) is 0 Å². The van der Waals surface area contributed by atoms with Crippen molar-refractivity contribution in [3.05, 3.63) is 35.6 Å². The molecule has 0 amide bonds. The summed E-state index contributed by atoms with van der Waals surface area (Å²) in [5.74, 6) is -1.25. The summed E-state index contributed by atoms with van der Waals surface area (Å²) < 4.78 is 29.0. The summed E-state index contributed by atoms with van der Waals surface area (Å²) in [4.78, 5) is 11.0. The highest BCUT2D eigenvalue weighted by Crippen LogP contribution is 2.26. The van der Waals surface area contributed by atoms with E-state index in [1.165, 1.54) is 12.3 Å². The fraction of sp³-hybridized carbons (Fsp3) is 0.308. The Labute approximate surface area is 110 Å². The van der Waals surface area contributed by atoms with Crippen molar-refractivity contribution in [2.24, 2.45) is 0 Å². The molecule has 0 unspecified atom stereocenters. The van der Waals surface area contributed by atoms with Gasteiger partial charge in [-0.2, -0.15) is 0 Å². The van der Waals surface area contributed by atoms with E-state index < -0.39 is 21.1 Å². The third-order valence-electron chi connectivity index (χ3n) is 2.99. The largest absolute Gasteiger partial charge is 0.478 e. The molecule has 0 fully saturated rings. The number of benzene rings is 1. The molecule has 6 heteroatoms. The van der Waals surface area contributed by atoms with Gasteiger partial charge in [-0.15, -0.1) is 0 Å². The average Bonchev–Trinajstić information content (AvgIpc) is 2.71. The van der Waals surface area contributed by atoms with E-state index in [9.17, 15) is 13.2 Å². The van der Waals surface area contributed by atoms with Crippen LogP contribution in [0.1, 0.15) is 29.8 Å². The summed E-state index contributed by atoms with van der Waals surface area (Å²) in [5.41, 5.74) is 0.737. The van der Waals surface area contributed by atoms with E-state index in [0.29, 0.717) is 10.9 Å². The van der Waals surface area contributed by atoms with Gasteiger partial charge < -0.3 is 9.52 Å².